The van der Waals surface area contributed by atoms with E-state index in [0.717, 1.165) is 5.69 Å². The maximum Gasteiger partial charge on any atom is 0.255 e. The summed E-state index contributed by atoms with van der Waals surface area (Å²) in [6.07, 6.45) is 3.45. The molecule has 0 radical (unpaired) electrons. The fourth-order valence-electron chi connectivity index (χ4n) is 3.76. The minimum Gasteiger partial charge on any atom is -0.396 e. The van der Waals surface area contributed by atoms with Crippen LogP contribution in [0.15, 0.2) is 18.3 Å². The molecule has 24 heavy (non-hydrogen) atoms. The SMILES string of the molecule is Cc1ccc(C(=O)N2CC[C@H]3CN(S(C)(=O)=O)C[C@@]3(CO)C2)cn1. The monoisotopic (exact) mass is 353 g/mol. The number of amides is 1. The summed E-state index contributed by atoms with van der Waals surface area (Å²) in [7, 11) is -3.29. The van der Waals surface area contributed by atoms with Gasteiger partial charge in [-0.15, -0.1) is 0 Å². The Hall–Kier alpha value is -1.51. The van der Waals surface area contributed by atoms with Crippen LogP contribution in [0.4, 0.5) is 0 Å². The van der Waals surface area contributed by atoms with Gasteiger partial charge in [0.05, 0.1) is 18.4 Å². The third kappa shape index (κ3) is 3.05. The molecule has 1 N–H and O–H groups in total. The number of likely N-dealkylation sites (tertiary alicyclic amines) is 1. The highest BCUT2D eigenvalue weighted by molar-refractivity contribution is 7.88. The van der Waals surface area contributed by atoms with Crippen molar-refractivity contribution in [1.29, 1.82) is 0 Å². The number of aromatic nitrogens is 1. The average Bonchev–Trinajstić information content (AvgIpc) is 2.94. The van der Waals surface area contributed by atoms with Gasteiger partial charge < -0.3 is 10.0 Å². The van der Waals surface area contributed by atoms with Gasteiger partial charge in [-0.2, -0.15) is 0 Å². The van der Waals surface area contributed by atoms with Crippen LogP contribution in [0.1, 0.15) is 22.5 Å². The highest BCUT2D eigenvalue weighted by Crippen LogP contribution is 2.42. The number of hydrogen-bond donors (Lipinski definition) is 1. The number of piperidine rings is 1. The van der Waals surface area contributed by atoms with E-state index in [-0.39, 0.29) is 25.0 Å². The van der Waals surface area contributed by atoms with Gasteiger partial charge in [-0.25, -0.2) is 12.7 Å². The van der Waals surface area contributed by atoms with Crippen LogP contribution in [0.2, 0.25) is 0 Å². The van der Waals surface area contributed by atoms with Crippen molar-refractivity contribution < 1.29 is 18.3 Å². The summed E-state index contributed by atoms with van der Waals surface area (Å²) in [6.45, 7) is 3.36. The van der Waals surface area contributed by atoms with E-state index in [1.165, 1.54) is 10.6 Å². The maximum absolute atomic E-state index is 12.7. The number of aryl methyl sites for hydroxylation is 1. The van der Waals surface area contributed by atoms with Gasteiger partial charge in [-0.3, -0.25) is 9.78 Å². The van der Waals surface area contributed by atoms with Crippen LogP contribution >= 0.6 is 0 Å². The zero-order chi connectivity index (χ0) is 17.5. The maximum atomic E-state index is 12.7. The van der Waals surface area contributed by atoms with Gasteiger partial charge in [0.2, 0.25) is 10.0 Å². The fourth-order valence-corrected chi connectivity index (χ4v) is 4.71. The van der Waals surface area contributed by atoms with Crippen molar-refractivity contribution in [3.63, 3.8) is 0 Å². The molecule has 2 aliphatic rings. The Bertz CT molecular complexity index is 734. The number of hydrogen-bond acceptors (Lipinski definition) is 5. The first-order valence-corrected chi connectivity index (χ1v) is 9.88. The first-order chi connectivity index (χ1) is 11.2. The van der Waals surface area contributed by atoms with Crippen LogP contribution in [-0.4, -0.2) is 72.7 Å². The molecule has 2 atom stereocenters. The summed E-state index contributed by atoms with van der Waals surface area (Å²) in [6, 6.07) is 3.54. The smallest absolute Gasteiger partial charge is 0.255 e. The molecule has 2 fully saturated rings. The standard InChI is InChI=1S/C16H23N3O4S/c1-12-3-4-13(7-17-12)15(21)18-6-5-14-8-19(24(2,22)23)10-16(14,9-18)11-20/h3-4,7,14,20H,5-6,8-11H2,1-2H3/t14-,16+/m0/s1. The van der Waals surface area contributed by atoms with Crippen LogP contribution in [0.3, 0.4) is 0 Å². The Kier molecular flexibility index (Phi) is 4.39. The molecule has 132 valence electrons. The van der Waals surface area contributed by atoms with E-state index in [1.807, 2.05) is 6.92 Å². The molecule has 1 aromatic rings. The van der Waals surface area contributed by atoms with E-state index in [0.29, 0.717) is 31.6 Å². The molecular weight excluding hydrogens is 330 g/mol. The van der Waals surface area contributed by atoms with E-state index in [2.05, 4.69) is 4.98 Å². The summed E-state index contributed by atoms with van der Waals surface area (Å²) in [5, 5.41) is 9.97. The largest absolute Gasteiger partial charge is 0.396 e. The van der Waals surface area contributed by atoms with E-state index < -0.39 is 15.4 Å². The van der Waals surface area contributed by atoms with E-state index in [1.54, 1.807) is 23.2 Å². The number of nitrogens with zero attached hydrogens (tertiary/aromatic N) is 3. The van der Waals surface area contributed by atoms with Gasteiger partial charge in [0.1, 0.15) is 0 Å². The van der Waals surface area contributed by atoms with Gasteiger partial charge in [0.15, 0.2) is 0 Å². The zero-order valence-corrected chi connectivity index (χ0v) is 14.8. The first kappa shape index (κ1) is 17.3. The molecule has 0 bridgehead atoms. The molecule has 2 saturated heterocycles. The molecule has 0 spiro atoms. The molecule has 8 heteroatoms. The Balaban J connectivity index is 1.81. The van der Waals surface area contributed by atoms with Crippen LogP contribution in [0, 0.1) is 18.3 Å². The fraction of sp³-hybridized carbons (Fsp3) is 0.625. The first-order valence-electron chi connectivity index (χ1n) is 8.03. The molecule has 1 amide bonds. The Morgan fingerprint density at radius 3 is 2.75 bits per heavy atom. The minimum absolute atomic E-state index is 0.0809. The number of rotatable bonds is 3. The van der Waals surface area contributed by atoms with Crippen molar-refractivity contribution in [2.75, 3.05) is 39.0 Å². The van der Waals surface area contributed by atoms with Gasteiger partial charge in [0, 0.05) is 43.5 Å². The predicted molar refractivity (Wildman–Crippen MR) is 88.9 cm³/mol. The minimum atomic E-state index is -3.29. The van der Waals surface area contributed by atoms with Crippen LogP contribution in [-0.2, 0) is 10.0 Å². The molecule has 0 aromatic carbocycles. The highest BCUT2D eigenvalue weighted by Gasteiger charge is 2.52. The summed E-state index contributed by atoms with van der Waals surface area (Å²) >= 11 is 0. The lowest BCUT2D eigenvalue weighted by Crippen LogP contribution is -2.52. The Labute approximate surface area is 142 Å². The van der Waals surface area contributed by atoms with Crippen molar-refractivity contribution in [3.05, 3.63) is 29.6 Å². The van der Waals surface area contributed by atoms with Gasteiger partial charge in [-0.05, 0) is 31.4 Å². The number of fused-ring (bicyclic) bond motifs is 1. The number of aliphatic hydroxyl groups excluding tert-OH is 1. The third-order valence-corrected chi connectivity index (χ3v) is 6.48. The third-order valence-electron chi connectivity index (χ3n) is 5.26. The van der Waals surface area contributed by atoms with E-state index in [9.17, 15) is 18.3 Å². The summed E-state index contributed by atoms with van der Waals surface area (Å²) in [5.74, 6) is -0.0380. The predicted octanol–water partition coefficient (Wildman–Crippen LogP) is 0.106. The van der Waals surface area contributed by atoms with Crippen LogP contribution < -0.4 is 0 Å². The molecule has 3 rings (SSSR count). The molecule has 0 aliphatic carbocycles. The van der Waals surface area contributed by atoms with Gasteiger partial charge in [-0.1, -0.05) is 0 Å². The molecule has 3 heterocycles. The summed E-state index contributed by atoms with van der Waals surface area (Å²) in [5.41, 5.74) is 0.788. The lowest BCUT2D eigenvalue weighted by molar-refractivity contribution is 0.0129. The molecule has 0 saturated carbocycles. The van der Waals surface area contributed by atoms with Gasteiger partial charge in [0.25, 0.3) is 5.91 Å². The molecule has 2 aliphatic heterocycles. The molecule has 7 nitrogen and oxygen atoms in total. The lowest BCUT2D eigenvalue weighted by atomic mass is 9.74. The second-order valence-electron chi connectivity index (χ2n) is 6.98. The van der Waals surface area contributed by atoms with Crippen molar-refractivity contribution in [2.24, 2.45) is 11.3 Å². The normalized spacial score (nSPS) is 28.0. The zero-order valence-electron chi connectivity index (χ0n) is 14.0. The number of aliphatic hydroxyl groups is 1. The van der Waals surface area contributed by atoms with Crippen molar-refractivity contribution in [1.82, 2.24) is 14.2 Å². The van der Waals surface area contributed by atoms with Crippen molar-refractivity contribution in [3.8, 4) is 0 Å². The quantitative estimate of drug-likeness (QED) is 0.833. The van der Waals surface area contributed by atoms with E-state index in [4.69, 9.17) is 0 Å². The number of carbonyl (C=O) groups is 1. The lowest BCUT2D eigenvalue weighted by Gasteiger charge is -2.43. The average molecular weight is 353 g/mol. The second-order valence-corrected chi connectivity index (χ2v) is 8.96. The van der Waals surface area contributed by atoms with Gasteiger partial charge >= 0.3 is 0 Å². The molecular formula is C16H23N3O4S. The summed E-state index contributed by atoms with van der Waals surface area (Å²) in [4.78, 5) is 18.6. The number of sulfonamides is 1. The Morgan fingerprint density at radius 1 is 1.42 bits per heavy atom. The highest BCUT2D eigenvalue weighted by atomic mass is 32.2. The molecule has 1 aromatic heterocycles. The Morgan fingerprint density at radius 2 is 2.17 bits per heavy atom. The van der Waals surface area contributed by atoms with Crippen LogP contribution in [0.5, 0.6) is 0 Å². The van der Waals surface area contributed by atoms with Crippen molar-refractivity contribution >= 4 is 15.9 Å². The van der Waals surface area contributed by atoms with E-state index >= 15 is 0 Å². The topological polar surface area (TPSA) is 90.8 Å². The summed E-state index contributed by atoms with van der Waals surface area (Å²) < 4.78 is 25.1. The van der Waals surface area contributed by atoms with Crippen LogP contribution in [0.25, 0.3) is 0 Å². The van der Waals surface area contributed by atoms with Crippen molar-refractivity contribution in [2.45, 2.75) is 13.3 Å². The number of carbonyl (C=O) groups excluding carboxylic acids is 1. The number of pyridine rings is 1. The molecule has 0 unspecified atom stereocenters. The second kappa shape index (κ2) is 6.09.